The van der Waals surface area contributed by atoms with Gasteiger partial charge in [0, 0.05) is 47.5 Å². The lowest BCUT2D eigenvalue weighted by atomic mass is 9.76. The van der Waals surface area contributed by atoms with E-state index in [1.807, 2.05) is 36.9 Å². The van der Waals surface area contributed by atoms with Gasteiger partial charge in [0.25, 0.3) is 0 Å². The van der Waals surface area contributed by atoms with Gasteiger partial charge in [-0.05, 0) is 90.9 Å². The van der Waals surface area contributed by atoms with Crippen molar-refractivity contribution < 1.29 is 0 Å². The average molecular weight is 652 g/mol. The molecule has 51 heavy (non-hydrogen) atoms. The Kier molecular flexibility index (Phi) is 6.95. The fourth-order valence-corrected chi connectivity index (χ4v) is 8.21. The molecule has 2 aliphatic rings. The molecule has 240 valence electrons. The molecule has 2 aromatic heterocycles. The monoisotopic (exact) mass is 651 g/mol. The van der Waals surface area contributed by atoms with Crippen molar-refractivity contribution in [3.8, 4) is 33.4 Å². The molecule has 0 radical (unpaired) electrons. The minimum atomic E-state index is 0.0944. The van der Waals surface area contributed by atoms with Crippen molar-refractivity contribution >= 4 is 27.7 Å². The first kappa shape index (κ1) is 29.3. The number of benzene rings is 6. The summed E-state index contributed by atoms with van der Waals surface area (Å²) < 4.78 is 0. The van der Waals surface area contributed by atoms with Gasteiger partial charge in [0.2, 0.25) is 0 Å². The lowest BCUT2D eigenvalue weighted by molar-refractivity contribution is 0.723. The van der Waals surface area contributed by atoms with Gasteiger partial charge in [0.05, 0.1) is 6.04 Å². The Bertz CT molecular complexity index is 2570. The van der Waals surface area contributed by atoms with E-state index in [0.29, 0.717) is 0 Å². The highest BCUT2D eigenvalue weighted by Gasteiger charge is 2.43. The summed E-state index contributed by atoms with van der Waals surface area (Å²) in [5, 5.41) is 2.50. The minimum Gasteiger partial charge on any atom is -0.333 e. The molecule has 1 aliphatic carbocycles. The molecule has 3 heterocycles. The molecule has 2 unspecified atom stereocenters. The first-order valence-corrected chi connectivity index (χ1v) is 17.5. The van der Waals surface area contributed by atoms with Gasteiger partial charge in [-0.1, -0.05) is 140 Å². The first-order valence-electron chi connectivity index (χ1n) is 17.5. The SMILES string of the molecule is C1=C(c2ccc(-c3cccnc3)cc2)c2ccccc2C2c3ccc(-c4ccc(-c5cccnc5)cc4)cc3N(c3cccc4ccccc34)C12. The van der Waals surface area contributed by atoms with Crippen LogP contribution in [0.2, 0.25) is 0 Å². The highest BCUT2D eigenvalue weighted by atomic mass is 15.2. The van der Waals surface area contributed by atoms with Gasteiger partial charge in [-0.15, -0.1) is 0 Å². The molecule has 2 atom stereocenters. The Morgan fingerprint density at radius 2 is 1.04 bits per heavy atom. The largest absolute Gasteiger partial charge is 0.333 e. The van der Waals surface area contributed by atoms with E-state index in [4.69, 9.17) is 0 Å². The summed E-state index contributed by atoms with van der Waals surface area (Å²) in [7, 11) is 0. The first-order chi connectivity index (χ1) is 25.3. The Balaban J connectivity index is 1.14. The van der Waals surface area contributed by atoms with Gasteiger partial charge in [0.1, 0.15) is 0 Å². The summed E-state index contributed by atoms with van der Waals surface area (Å²) in [6, 6.07) is 57.7. The Labute approximate surface area is 297 Å². The number of hydrogen-bond donors (Lipinski definition) is 0. The van der Waals surface area contributed by atoms with Crippen LogP contribution >= 0.6 is 0 Å². The maximum absolute atomic E-state index is 4.34. The zero-order valence-corrected chi connectivity index (χ0v) is 27.9. The molecule has 6 aromatic carbocycles. The molecule has 0 bridgehead atoms. The van der Waals surface area contributed by atoms with Gasteiger partial charge < -0.3 is 4.90 Å². The number of hydrogen-bond acceptors (Lipinski definition) is 3. The second-order valence-corrected chi connectivity index (χ2v) is 13.4. The van der Waals surface area contributed by atoms with Crippen LogP contribution < -0.4 is 4.90 Å². The zero-order chi connectivity index (χ0) is 33.7. The van der Waals surface area contributed by atoms with Crippen molar-refractivity contribution in [2.24, 2.45) is 0 Å². The second kappa shape index (κ2) is 12.1. The number of aromatic nitrogens is 2. The second-order valence-electron chi connectivity index (χ2n) is 13.4. The summed E-state index contributed by atoms with van der Waals surface area (Å²) in [6.45, 7) is 0. The summed E-state index contributed by atoms with van der Waals surface area (Å²) in [5.74, 6) is 0.190. The molecule has 1 aliphatic heterocycles. The molecule has 3 heteroatoms. The number of anilines is 2. The number of fused-ring (bicyclic) bond motifs is 6. The van der Waals surface area contributed by atoms with Crippen LogP contribution in [0, 0.1) is 0 Å². The van der Waals surface area contributed by atoms with E-state index < -0.39 is 0 Å². The lowest BCUT2D eigenvalue weighted by Crippen LogP contribution is -2.31. The molecule has 3 nitrogen and oxygen atoms in total. The van der Waals surface area contributed by atoms with Crippen LogP contribution in [-0.2, 0) is 0 Å². The Morgan fingerprint density at radius 3 is 1.75 bits per heavy atom. The standard InChI is InChI=1S/C48H33N3/c1-2-12-40-35(8-1)9-5-15-45(40)51-46-28-37(32-16-18-33(19-17-32)38-10-6-26-49-30-38)24-25-43(46)48-42-14-4-3-13-41(42)44(29-47(48)51)36-22-20-34(21-23-36)39-11-7-27-50-31-39/h1-31,47-48H. The van der Waals surface area contributed by atoms with E-state index in [9.17, 15) is 0 Å². The van der Waals surface area contributed by atoms with Gasteiger partial charge in [-0.3, -0.25) is 9.97 Å². The minimum absolute atomic E-state index is 0.0944. The van der Waals surface area contributed by atoms with E-state index in [1.54, 1.807) is 0 Å². The van der Waals surface area contributed by atoms with Crippen molar-refractivity contribution in [3.05, 3.63) is 211 Å². The van der Waals surface area contributed by atoms with Crippen molar-refractivity contribution in [1.29, 1.82) is 0 Å². The molecular formula is C48H33N3. The van der Waals surface area contributed by atoms with Crippen molar-refractivity contribution in [2.75, 3.05) is 4.90 Å². The van der Waals surface area contributed by atoms with Crippen LogP contribution in [0.1, 0.15) is 28.2 Å². The number of nitrogens with zero attached hydrogens (tertiary/aromatic N) is 3. The normalized spacial score (nSPS) is 15.9. The zero-order valence-electron chi connectivity index (χ0n) is 27.9. The quantitative estimate of drug-likeness (QED) is 0.185. The smallest absolute Gasteiger partial charge is 0.0642 e. The van der Waals surface area contributed by atoms with E-state index >= 15 is 0 Å². The van der Waals surface area contributed by atoms with Crippen molar-refractivity contribution in [2.45, 2.75) is 12.0 Å². The third-order valence-electron chi connectivity index (χ3n) is 10.6. The van der Waals surface area contributed by atoms with E-state index in [1.165, 1.54) is 72.2 Å². The fourth-order valence-electron chi connectivity index (χ4n) is 8.21. The molecule has 0 N–H and O–H groups in total. The highest BCUT2D eigenvalue weighted by Crippen LogP contribution is 2.55. The molecule has 0 fully saturated rings. The summed E-state index contributed by atoms with van der Waals surface area (Å²) in [6.07, 6.45) is 10.0. The maximum atomic E-state index is 4.34. The van der Waals surface area contributed by atoms with Crippen LogP contribution in [0.4, 0.5) is 11.4 Å². The van der Waals surface area contributed by atoms with Gasteiger partial charge >= 0.3 is 0 Å². The van der Waals surface area contributed by atoms with Crippen LogP contribution in [0.25, 0.3) is 49.7 Å². The third-order valence-corrected chi connectivity index (χ3v) is 10.6. The van der Waals surface area contributed by atoms with Crippen LogP contribution in [-0.4, -0.2) is 16.0 Å². The van der Waals surface area contributed by atoms with E-state index in [-0.39, 0.29) is 12.0 Å². The van der Waals surface area contributed by atoms with Crippen LogP contribution in [0.5, 0.6) is 0 Å². The van der Waals surface area contributed by atoms with E-state index in [2.05, 4.69) is 167 Å². The highest BCUT2D eigenvalue weighted by molar-refractivity contribution is 5.99. The number of rotatable bonds is 5. The molecule has 8 aromatic rings. The Hall–Kier alpha value is -6.58. The lowest BCUT2D eigenvalue weighted by Gasteiger charge is -2.34. The van der Waals surface area contributed by atoms with Crippen LogP contribution in [0.15, 0.2) is 189 Å². The summed E-state index contributed by atoms with van der Waals surface area (Å²) in [5.41, 5.74) is 16.0. The topological polar surface area (TPSA) is 29.0 Å². The fraction of sp³-hybridized carbons (Fsp3) is 0.0417. The van der Waals surface area contributed by atoms with E-state index in [0.717, 1.165) is 11.1 Å². The Morgan fingerprint density at radius 1 is 0.431 bits per heavy atom. The molecule has 0 saturated heterocycles. The summed E-state index contributed by atoms with van der Waals surface area (Å²) >= 11 is 0. The van der Waals surface area contributed by atoms with Gasteiger partial charge in [0.15, 0.2) is 0 Å². The molecule has 0 saturated carbocycles. The maximum Gasteiger partial charge on any atom is 0.0642 e. The molecule has 0 spiro atoms. The number of pyridine rings is 2. The third kappa shape index (κ3) is 4.97. The molecular weight excluding hydrogens is 619 g/mol. The van der Waals surface area contributed by atoms with Gasteiger partial charge in [-0.25, -0.2) is 0 Å². The predicted octanol–water partition coefficient (Wildman–Crippen LogP) is 11.7. The average Bonchev–Trinajstić information content (AvgIpc) is 3.54. The van der Waals surface area contributed by atoms with Gasteiger partial charge in [-0.2, -0.15) is 0 Å². The van der Waals surface area contributed by atoms with Crippen LogP contribution in [0.3, 0.4) is 0 Å². The molecule has 0 amide bonds. The predicted molar refractivity (Wildman–Crippen MR) is 210 cm³/mol. The van der Waals surface area contributed by atoms with Crippen molar-refractivity contribution in [3.63, 3.8) is 0 Å². The molecule has 10 rings (SSSR count). The summed E-state index contributed by atoms with van der Waals surface area (Å²) in [4.78, 5) is 11.3. The van der Waals surface area contributed by atoms with Crippen molar-refractivity contribution in [1.82, 2.24) is 9.97 Å².